The molecule has 1 aliphatic rings. The number of nitrogens with one attached hydrogen (secondary N) is 1. The van der Waals surface area contributed by atoms with Gasteiger partial charge in [-0.1, -0.05) is 25.8 Å². The average molecular weight is 249 g/mol. The van der Waals surface area contributed by atoms with Gasteiger partial charge in [0.2, 0.25) is 0 Å². The molecule has 0 spiro atoms. The molecule has 3 N–H and O–H groups in total. The van der Waals surface area contributed by atoms with Crippen LogP contribution in [0, 0.1) is 16.0 Å². The summed E-state index contributed by atoms with van der Waals surface area (Å²) >= 11 is 0. The predicted octanol–water partition coefficient (Wildman–Crippen LogP) is 3.17. The van der Waals surface area contributed by atoms with Crippen LogP contribution in [0.4, 0.5) is 17.1 Å². The summed E-state index contributed by atoms with van der Waals surface area (Å²) in [5.41, 5.74) is 6.41. The molecule has 0 saturated heterocycles. The molecule has 1 aliphatic carbocycles. The van der Waals surface area contributed by atoms with E-state index in [4.69, 9.17) is 5.73 Å². The van der Waals surface area contributed by atoms with Crippen LogP contribution in [0.15, 0.2) is 18.2 Å². The van der Waals surface area contributed by atoms with Crippen LogP contribution >= 0.6 is 0 Å². The number of para-hydroxylation sites is 1. The summed E-state index contributed by atoms with van der Waals surface area (Å²) < 4.78 is 0. The lowest BCUT2D eigenvalue weighted by Crippen LogP contribution is -2.20. The molecule has 0 aromatic heterocycles. The molecule has 98 valence electrons. The van der Waals surface area contributed by atoms with Crippen molar-refractivity contribution >= 4 is 17.1 Å². The third kappa shape index (κ3) is 2.91. The van der Waals surface area contributed by atoms with E-state index in [1.54, 1.807) is 18.2 Å². The molecule has 1 aromatic rings. The van der Waals surface area contributed by atoms with E-state index in [1.807, 2.05) is 0 Å². The van der Waals surface area contributed by atoms with E-state index in [1.165, 1.54) is 12.8 Å². The summed E-state index contributed by atoms with van der Waals surface area (Å²) in [6, 6.07) is 5.32. The highest BCUT2D eigenvalue weighted by Crippen LogP contribution is 2.36. The van der Waals surface area contributed by atoms with Crippen molar-refractivity contribution in [2.45, 2.75) is 38.6 Å². The lowest BCUT2D eigenvalue weighted by Gasteiger charge is -2.18. The highest BCUT2D eigenvalue weighted by atomic mass is 16.6. The van der Waals surface area contributed by atoms with E-state index in [0.717, 1.165) is 18.8 Å². The number of nitrogen functional groups attached to an aromatic ring is 1. The van der Waals surface area contributed by atoms with Crippen LogP contribution in [-0.4, -0.2) is 11.0 Å². The molecule has 5 nitrogen and oxygen atoms in total. The van der Waals surface area contributed by atoms with Crippen molar-refractivity contribution in [2.24, 2.45) is 5.92 Å². The van der Waals surface area contributed by atoms with Crippen LogP contribution in [0.1, 0.15) is 32.6 Å². The van der Waals surface area contributed by atoms with Crippen LogP contribution < -0.4 is 11.1 Å². The third-order valence-electron chi connectivity index (χ3n) is 3.42. The van der Waals surface area contributed by atoms with E-state index in [2.05, 4.69) is 12.2 Å². The van der Waals surface area contributed by atoms with Gasteiger partial charge in [-0.15, -0.1) is 0 Å². The standard InChI is InChI=1S/C13H19N3O2/c1-2-10(8-9-6-7-9)15-12-5-3-4-11(14)13(12)16(17)18/h3-5,9-10,15H,2,6-8,14H2,1H3. The summed E-state index contributed by atoms with van der Waals surface area (Å²) in [5, 5.41) is 14.3. The Hall–Kier alpha value is -1.78. The molecule has 1 aromatic carbocycles. The zero-order valence-electron chi connectivity index (χ0n) is 10.6. The summed E-state index contributed by atoms with van der Waals surface area (Å²) in [7, 11) is 0. The first-order valence-corrected chi connectivity index (χ1v) is 6.41. The van der Waals surface area contributed by atoms with Gasteiger partial charge in [0.1, 0.15) is 11.4 Å². The fourth-order valence-electron chi connectivity index (χ4n) is 2.19. The first kappa shape index (κ1) is 12.7. The van der Waals surface area contributed by atoms with E-state index in [0.29, 0.717) is 5.69 Å². The van der Waals surface area contributed by atoms with E-state index < -0.39 is 4.92 Å². The Kier molecular flexibility index (Phi) is 3.69. The summed E-state index contributed by atoms with van der Waals surface area (Å²) in [4.78, 5) is 10.6. The largest absolute Gasteiger partial charge is 0.393 e. The van der Waals surface area contributed by atoms with Gasteiger partial charge in [0.05, 0.1) is 4.92 Å². The first-order chi connectivity index (χ1) is 8.61. The van der Waals surface area contributed by atoms with Crippen LogP contribution in [0.5, 0.6) is 0 Å². The fraction of sp³-hybridized carbons (Fsp3) is 0.538. The molecular weight excluding hydrogens is 230 g/mol. The Morgan fingerprint density at radius 1 is 1.56 bits per heavy atom. The molecule has 2 rings (SSSR count). The molecule has 0 radical (unpaired) electrons. The van der Waals surface area contributed by atoms with Crippen LogP contribution in [0.3, 0.4) is 0 Å². The number of anilines is 2. The predicted molar refractivity (Wildman–Crippen MR) is 72.6 cm³/mol. The van der Waals surface area contributed by atoms with Crippen LogP contribution in [-0.2, 0) is 0 Å². The molecule has 5 heteroatoms. The summed E-state index contributed by atoms with van der Waals surface area (Å²) in [5.74, 6) is 0.794. The zero-order valence-corrected chi connectivity index (χ0v) is 10.6. The van der Waals surface area contributed by atoms with Gasteiger partial charge in [0, 0.05) is 6.04 Å². The molecule has 1 atom stereocenters. The molecule has 18 heavy (non-hydrogen) atoms. The van der Waals surface area contributed by atoms with Gasteiger partial charge in [-0.2, -0.15) is 0 Å². The maximum atomic E-state index is 11.0. The monoisotopic (exact) mass is 249 g/mol. The van der Waals surface area contributed by atoms with Crippen molar-refractivity contribution in [3.63, 3.8) is 0 Å². The van der Waals surface area contributed by atoms with E-state index in [9.17, 15) is 10.1 Å². The van der Waals surface area contributed by atoms with Crippen molar-refractivity contribution in [3.05, 3.63) is 28.3 Å². The maximum absolute atomic E-state index is 11.0. The second-order valence-corrected chi connectivity index (χ2v) is 4.93. The molecule has 0 heterocycles. The van der Waals surface area contributed by atoms with Crippen molar-refractivity contribution in [1.82, 2.24) is 0 Å². The smallest absolute Gasteiger partial charge is 0.314 e. The normalized spacial score (nSPS) is 16.3. The fourth-order valence-corrected chi connectivity index (χ4v) is 2.19. The van der Waals surface area contributed by atoms with Crippen molar-refractivity contribution in [3.8, 4) is 0 Å². The Labute approximate surface area is 107 Å². The van der Waals surface area contributed by atoms with Gasteiger partial charge in [0.25, 0.3) is 0 Å². The molecule has 0 bridgehead atoms. The van der Waals surface area contributed by atoms with Crippen LogP contribution in [0.2, 0.25) is 0 Å². The summed E-state index contributed by atoms with van der Waals surface area (Å²) in [6.45, 7) is 2.10. The van der Waals surface area contributed by atoms with Crippen molar-refractivity contribution in [1.29, 1.82) is 0 Å². The molecule has 1 saturated carbocycles. The van der Waals surface area contributed by atoms with E-state index >= 15 is 0 Å². The number of nitrogens with two attached hydrogens (primary N) is 1. The van der Waals surface area contributed by atoms with Gasteiger partial charge in [-0.3, -0.25) is 10.1 Å². The number of benzene rings is 1. The second-order valence-electron chi connectivity index (χ2n) is 4.93. The number of hydrogen-bond acceptors (Lipinski definition) is 4. The van der Waals surface area contributed by atoms with E-state index in [-0.39, 0.29) is 17.4 Å². The number of hydrogen-bond donors (Lipinski definition) is 2. The Morgan fingerprint density at radius 2 is 2.28 bits per heavy atom. The van der Waals surface area contributed by atoms with Gasteiger partial charge in [-0.25, -0.2) is 0 Å². The van der Waals surface area contributed by atoms with Crippen molar-refractivity contribution < 1.29 is 4.92 Å². The molecule has 1 unspecified atom stereocenters. The number of nitrogens with zero attached hydrogens (tertiary/aromatic N) is 1. The number of rotatable bonds is 6. The third-order valence-corrected chi connectivity index (χ3v) is 3.42. The lowest BCUT2D eigenvalue weighted by molar-refractivity contribution is -0.383. The number of nitro benzene ring substituents is 1. The molecule has 1 fully saturated rings. The average Bonchev–Trinajstić information content (AvgIpc) is 3.11. The van der Waals surface area contributed by atoms with Gasteiger partial charge >= 0.3 is 5.69 Å². The van der Waals surface area contributed by atoms with Crippen LogP contribution in [0.25, 0.3) is 0 Å². The molecule has 0 aliphatic heterocycles. The molecular formula is C13H19N3O2. The Bertz CT molecular complexity index is 444. The minimum Gasteiger partial charge on any atom is -0.393 e. The topological polar surface area (TPSA) is 81.2 Å². The highest BCUT2D eigenvalue weighted by molar-refractivity contribution is 5.74. The van der Waals surface area contributed by atoms with Crippen molar-refractivity contribution in [2.75, 3.05) is 11.1 Å². The van der Waals surface area contributed by atoms with Gasteiger partial charge in [-0.05, 0) is 30.9 Å². The van der Waals surface area contributed by atoms with Gasteiger partial charge < -0.3 is 11.1 Å². The minimum absolute atomic E-state index is 0.00764. The summed E-state index contributed by atoms with van der Waals surface area (Å²) in [6.07, 6.45) is 4.62. The van der Waals surface area contributed by atoms with Gasteiger partial charge in [0.15, 0.2) is 0 Å². The highest BCUT2D eigenvalue weighted by Gasteiger charge is 2.26. The quantitative estimate of drug-likeness (QED) is 0.461. The minimum atomic E-state index is -0.415. The second kappa shape index (κ2) is 5.25. The SMILES string of the molecule is CCC(CC1CC1)Nc1cccc(N)c1[N+](=O)[O-]. The zero-order chi connectivity index (χ0) is 13.1. The lowest BCUT2D eigenvalue weighted by atomic mass is 10.1. The first-order valence-electron chi connectivity index (χ1n) is 6.41. The maximum Gasteiger partial charge on any atom is 0.314 e. The Morgan fingerprint density at radius 3 is 2.83 bits per heavy atom. The number of nitro groups is 1. The molecule has 0 amide bonds. The Balaban J connectivity index is 2.15.